The smallest absolute Gasteiger partial charge is 0.268 e. The number of hydrogen-bond donors (Lipinski definition) is 1. The van der Waals surface area contributed by atoms with Crippen LogP contribution in [-0.4, -0.2) is 49.6 Å². The van der Waals surface area contributed by atoms with Gasteiger partial charge < -0.3 is 9.47 Å². The molecule has 6 rings (SSSR count). The molecule has 1 N–H and O–H groups in total. The van der Waals surface area contributed by atoms with E-state index in [2.05, 4.69) is 26.7 Å². The fourth-order valence-corrected chi connectivity index (χ4v) is 6.32. The summed E-state index contributed by atoms with van der Waals surface area (Å²) in [6, 6.07) is 13.8. The van der Waals surface area contributed by atoms with Crippen molar-refractivity contribution in [3.8, 4) is 10.4 Å². The molecule has 8 nitrogen and oxygen atoms in total. The maximum absolute atomic E-state index is 13.2. The standard InChI is InChI=1S/C26H24N6O2S/c1-2-23(33)31-12-10-26(16-31)13-18(14-26)32-20-6-4-3-5-19(20)29-25(32)30-24(34)22-8-7-21(35-22)17-9-11-27-28-15-17/h2-9,11,15,18H,1,10,12-14,16H2,(H,29,30,34)/t18-,26-. The zero-order valence-electron chi connectivity index (χ0n) is 19.1. The minimum Gasteiger partial charge on any atom is -0.339 e. The molecule has 3 aromatic heterocycles. The highest BCUT2D eigenvalue weighted by molar-refractivity contribution is 7.17. The minimum absolute atomic E-state index is 0.00391. The molecule has 2 fully saturated rings. The van der Waals surface area contributed by atoms with Crippen LogP contribution in [0.2, 0.25) is 0 Å². The molecular weight excluding hydrogens is 460 g/mol. The number of carbonyl (C=O) groups is 2. The van der Waals surface area contributed by atoms with E-state index in [9.17, 15) is 9.59 Å². The van der Waals surface area contributed by atoms with Gasteiger partial charge in [0.1, 0.15) is 0 Å². The molecule has 1 saturated carbocycles. The van der Waals surface area contributed by atoms with Gasteiger partial charge in [-0.1, -0.05) is 18.7 Å². The van der Waals surface area contributed by atoms with Crippen molar-refractivity contribution in [2.24, 2.45) is 5.41 Å². The first-order valence-corrected chi connectivity index (χ1v) is 12.4. The van der Waals surface area contributed by atoms with E-state index in [1.54, 1.807) is 12.4 Å². The lowest BCUT2D eigenvalue weighted by atomic mass is 9.65. The summed E-state index contributed by atoms with van der Waals surface area (Å²) in [6.07, 6.45) is 7.63. The number of rotatable bonds is 5. The number of nitrogens with zero attached hydrogens (tertiary/aromatic N) is 5. The molecule has 0 radical (unpaired) electrons. The van der Waals surface area contributed by atoms with Crippen LogP contribution >= 0.6 is 11.3 Å². The average Bonchev–Trinajstić information content (AvgIpc) is 3.60. The molecule has 9 heteroatoms. The number of nitrogens with one attached hydrogen (secondary N) is 1. The van der Waals surface area contributed by atoms with Crippen LogP contribution in [0.25, 0.3) is 21.5 Å². The number of amides is 2. The molecule has 1 aromatic carbocycles. The van der Waals surface area contributed by atoms with Crippen LogP contribution < -0.4 is 5.32 Å². The monoisotopic (exact) mass is 484 g/mol. The van der Waals surface area contributed by atoms with Crippen molar-refractivity contribution in [1.29, 1.82) is 0 Å². The Bertz CT molecular complexity index is 1440. The van der Waals surface area contributed by atoms with Gasteiger partial charge in [-0.05, 0) is 61.1 Å². The van der Waals surface area contributed by atoms with Crippen LogP contribution in [0.1, 0.15) is 35.0 Å². The van der Waals surface area contributed by atoms with Gasteiger partial charge in [-0.2, -0.15) is 10.2 Å². The van der Waals surface area contributed by atoms with Gasteiger partial charge in [0.2, 0.25) is 11.9 Å². The summed E-state index contributed by atoms with van der Waals surface area (Å²) >= 11 is 1.41. The fraction of sp³-hybridized carbons (Fsp3) is 0.269. The van der Waals surface area contributed by atoms with Crippen LogP contribution in [0.5, 0.6) is 0 Å². The van der Waals surface area contributed by atoms with Crippen LogP contribution in [0.4, 0.5) is 5.95 Å². The predicted octanol–water partition coefficient (Wildman–Crippen LogP) is 4.55. The molecule has 1 saturated heterocycles. The van der Waals surface area contributed by atoms with E-state index in [1.807, 2.05) is 47.4 Å². The van der Waals surface area contributed by atoms with Gasteiger partial charge in [-0.15, -0.1) is 11.3 Å². The first-order chi connectivity index (χ1) is 17.0. The van der Waals surface area contributed by atoms with Crippen LogP contribution in [0.3, 0.4) is 0 Å². The molecule has 1 aliphatic carbocycles. The van der Waals surface area contributed by atoms with Crippen LogP contribution in [0, 0.1) is 5.41 Å². The number of thiophene rings is 1. The van der Waals surface area contributed by atoms with E-state index in [0.717, 1.165) is 53.8 Å². The summed E-state index contributed by atoms with van der Waals surface area (Å²) in [5.74, 6) is 0.385. The normalized spacial score (nSPS) is 21.3. The lowest BCUT2D eigenvalue weighted by molar-refractivity contribution is -0.125. The number of benzene rings is 1. The number of aromatic nitrogens is 4. The number of fused-ring (bicyclic) bond motifs is 1. The molecule has 0 atom stereocenters. The van der Waals surface area contributed by atoms with E-state index in [4.69, 9.17) is 4.98 Å². The number of carbonyl (C=O) groups excluding carboxylic acids is 2. The summed E-state index contributed by atoms with van der Waals surface area (Å²) in [7, 11) is 0. The number of para-hydroxylation sites is 2. The molecule has 0 unspecified atom stereocenters. The van der Waals surface area contributed by atoms with Crippen molar-refractivity contribution >= 4 is 40.1 Å². The Kier molecular flexibility index (Phi) is 5.21. The van der Waals surface area contributed by atoms with Gasteiger partial charge in [-0.3, -0.25) is 14.9 Å². The van der Waals surface area contributed by atoms with Gasteiger partial charge in [0.15, 0.2) is 0 Å². The Hall–Kier alpha value is -3.85. The summed E-state index contributed by atoms with van der Waals surface area (Å²) in [5, 5.41) is 10.8. The molecule has 2 aliphatic rings. The lowest BCUT2D eigenvalue weighted by Crippen LogP contribution is -2.42. The Morgan fingerprint density at radius 2 is 2.00 bits per heavy atom. The number of anilines is 1. The van der Waals surface area contributed by atoms with Crippen molar-refractivity contribution in [2.75, 3.05) is 18.4 Å². The van der Waals surface area contributed by atoms with Crippen molar-refractivity contribution < 1.29 is 9.59 Å². The number of likely N-dealkylation sites (tertiary alicyclic amines) is 1. The quantitative estimate of drug-likeness (QED) is 0.420. The van der Waals surface area contributed by atoms with E-state index in [-0.39, 0.29) is 23.3 Å². The maximum atomic E-state index is 13.2. The van der Waals surface area contributed by atoms with Gasteiger partial charge in [-0.25, -0.2) is 4.98 Å². The zero-order chi connectivity index (χ0) is 24.0. The van der Waals surface area contributed by atoms with Gasteiger partial charge in [0.05, 0.1) is 28.3 Å². The molecule has 4 heterocycles. The Balaban J connectivity index is 1.24. The zero-order valence-corrected chi connectivity index (χ0v) is 19.9. The van der Waals surface area contributed by atoms with E-state index < -0.39 is 0 Å². The second-order valence-corrected chi connectivity index (χ2v) is 10.4. The van der Waals surface area contributed by atoms with Crippen LogP contribution in [0.15, 0.2) is 67.5 Å². The van der Waals surface area contributed by atoms with Crippen LogP contribution in [-0.2, 0) is 4.79 Å². The Morgan fingerprint density at radius 1 is 1.14 bits per heavy atom. The first kappa shape index (κ1) is 21.7. The van der Waals surface area contributed by atoms with Gasteiger partial charge >= 0.3 is 0 Å². The maximum Gasteiger partial charge on any atom is 0.268 e. The molecule has 4 aromatic rings. The van der Waals surface area contributed by atoms with E-state index in [1.165, 1.54) is 17.4 Å². The SMILES string of the molecule is C=CC(=O)N1CC[C@]2(C1)C[C@H](n1c(NC(=O)c3ccc(-c4ccnnc4)s3)nc3ccccc31)C2. The summed E-state index contributed by atoms with van der Waals surface area (Å²) in [4.78, 5) is 33.5. The minimum atomic E-state index is -0.183. The lowest BCUT2D eigenvalue weighted by Gasteiger charge is -2.46. The second-order valence-electron chi connectivity index (χ2n) is 9.32. The highest BCUT2D eigenvalue weighted by atomic mass is 32.1. The van der Waals surface area contributed by atoms with E-state index >= 15 is 0 Å². The highest BCUT2D eigenvalue weighted by Gasteiger charge is 2.50. The molecule has 35 heavy (non-hydrogen) atoms. The largest absolute Gasteiger partial charge is 0.339 e. The predicted molar refractivity (Wildman–Crippen MR) is 135 cm³/mol. The van der Waals surface area contributed by atoms with Gasteiger partial charge in [0, 0.05) is 29.6 Å². The summed E-state index contributed by atoms with van der Waals surface area (Å²) in [6.45, 7) is 5.17. The Morgan fingerprint density at radius 3 is 2.80 bits per heavy atom. The van der Waals surface area contributed by atoms with Crippen molar-refractivity contribution in [2.45, 2.75) is 25.3 Å². The van der Waals surface area contributed by atoms with E-state index in [0.29, 0.717) is 10.8 Å². The summed E-state index contributed by atoms with van der Waals surface area (Å²) in [5.41, 5.74) is 2.93. The third kappa shape index (κ3) is 3.81. The van der Waals surface area contributed by atoms with Crippen molar-refractivity contribution in [3.63, 3.8) is 0 Å². The first-order valence-electron chi connectivity index (χ1n) is 11.6. The molecule has 0 bridgehead atoms. The number of hydrogen-bond acceptors (Lipinski definition) is 6. The van der Waals surface area contributed by atoms with Crippen molar-refractivity contribution in [3.05, 3.63) is 72.4 Å². The fourth-order valence-electron chi connectivity index (χ4n) is 5.42. The molecule has 176 valence electrons. The Labute approximate surface area is 206 Å². The van der Waals surface area contributed by atoms with Gasteiger partial charge in [0.25, 0.3) is 5.91 Å². The third-order valence-electron chi connectivity index (χ3n) is 7.15. The average molecular weight is 485 g/mol. The second kappa shape index (κ2) is 8.42. The van der Waals surface area contributed by atoms with Crippen molar-refractivity contribution in [1.82, 2.24) is 24.6 Å². The third-order valence-corrected chi connectivity index (χ3v) is 8.28. The molecule has 2 amide bonds. The topological polar surface area (TPSA) is 93.0 Å². The molecule has 1 aliphatic heterocycles. The number of imidazole rings is 1. The summed E-state index contributed by atoms with van der Waals surface area (Å²) < 4.78 is 2.16. The molecular formula is C26H24N6O2S. The molecule has 1 spiro atoms. The highest BCUT2D eigenvalue weighted by Crippen LogP contribution is 2.55.